The molecule has 0 radical (unpaired) electrons. The van der Waals surface area contributed by atoms with Gasteiger partial charge in [-0.3, -0.25) is 4.57 Å². The maximum Gasteiger partial charge on any atom is 0.145 e. The minimum absolute atomic E-state index is 0.621. The normalized spacial score (nSPS) is 10.7. The predicted octanol–water partition coefficient (Wildman–Crippen LogP) is 11.4. The van der Waals surface area contributed by atoms with Crippen LogP contribution in [0.5, 0.6) is 0 Å². The summed E-state index contributed by atoms with van der Waals surface area (Å²) in [6.07, 6.45) is 0. The maximum absolute atomic E-state index is 9.37. The molecule has 8 rings (SSSR count). The molecule has 0 amide bonds. The van der Waals surface area contributed by atoms with Crippen molar-refractivity contribution in [2.24, 2.45) is 0 Å². The van der Waals surface area contributed by atoms with Crippen LogP contribution in [0.3, 0.4) is 0 Å². The minimum Gasteiger partial charge on any atom is -0.311 e. The van der Waals surface area contributed by atoms with Gasteiger partial charge in [-0.1, -0.05) is 48.5 Å². The average molecular weight is 655 g/mol. The van der Waals surface area contributed by atoms with Crippen molar-refractivity contribution in [2.45, 2.75) is 0 Å². The largest absolute Gasteiger partial charge is 0.311 e. The highest BCUT2D eigenvalue weighted by atomic mass is 15.2. The van der Waals surface area contributed by atoms with Gasteiger partial charge in [0.15, 0.2) is 0 Å². The van der Waals surface area contributed by atoms with E-state index in [1.807, 2.05) is 103 Å². The third-order valence-corrected chi connectivity index (χ3v) is 8.85. The summed E-state index contributed by atoms with van der Waals surface area (Å²) in [5, 5.41) is 18.7. The SMILES string of the molecule is N#Cc1ccc(N(c2ccccc2)c2ccc(-c3nc4ccccc4n3-c3ccc(N(c4ccccc4)c4ccc(C#N)cc4)cc3)cc2)cc1. The van der Waals surface area contributed by atoms with E-state index in [2.05, 4.69) is 105 Å². The van der Waals surface area contributed by atoms with Crippen LogP contribution in [0.4, 0.5) is 34.1 Å². The van der Waals surface area contributed by atoms with Crippen LogP contribution in [-0.2, 0) is 0 Å². The number of nitriles is 2. The molecule has 0 aliphatic heterocycles. The molecule has 7 aromatic carbocycles. The second-order valence-corrected chi connectivity index (χ2v) is 12.0. The van der Waals surface area contributed by atoms with E-state index in [0.29, 0.717) is 11.1 Å². The van der Waals surface area contributed by atoms with Gasteiger partial charge in [0.25, 0.3) is 0 Å². The zero-order valence-electron chi connectivity index (χ0n) is 27.5. The molecule has 0 spiro atoms. The Morgan fingerprint density at radius 2 is 0.804 bits per heavy atom. The first-order valence-corrected chi connectivity index (χ1v) is 16.6. The molecule has 6 nitrogen and oxygen atoms in total. The third-order valence-electron chi connectivity index (χ3n) is 8.85. The van der Waals surface area contributed by atoms with E-state index in [0.717, 1.165) is 62.2 Å². The molecule has 240 valence electrons. The van der Waals surface area contributed by atoms with Crippen molar-refractivity contribution < 1.29 is 0 Å². The molecule has 1 aromatic heterocycles. The van der Waals surface area contributed by atoms with Crippen molar-refractivity contribution >= 4 is 45.2 Å². The lowest BCUT2D eigenvalue weighted by Crippen LogP contribution is -2.10. The Morgan fingerprint density at radius 1 is 0.412 bits per heavy atom. The van der Waals surface area contributed by atoms with E-state index in [-0.39, 0.29) is 0 Å². The number of imidazole rings is 1. The summed E-state index contributed by atoms with van der Waals surface area (Å²) in [5.74, 6) is 0.840. The van der Waals surface area contributed by atoms with Gasteiger partial charge in [-0.05, 0) is 133 Å². The number of nitrogens with zero attached hydrogens (tertiary/aromatic N) is 6. The van der Waals surface area contributed by atoms with E-state index in [4.69, 9.17) is 4.98 Å². The van der Waals surface area contributed by atoms with E-state index in [9.17, 15) is 10.5 Å². The number of hydrogen-bond donors (Lipinski definition) is 0. The van der Waals surface area contributed by atoms with Crippen LogP contribution in [0.2, 0.25) is 0 Å². The number of anilines is 6. The lowest BCUT2D eigenvalue weighted by atomic mass is 10.1. The Bertz CT molecular complexity index is 2510. The smallest absolute Gasteiger partial charge is 0.145 e. The predicted molar refractivity (Wildman–Crippen MR) is 205 cm³/mol. The van der Waals surface area contributed by atoms with Gasteiger partial charge >= 0.3 is 0 Å². The zero-order chi connectivity index (χ0) is 34.6. The molecule has 0 fully saturated rings. The first kappa shape index (κ1) is 30.9. The van der Waals surface area contributed by atoms with Crippen molar-refractivity contribution in [2.75, 3.05) is 9.80 Å². The fourth-order valence-corrected chi connectivity index (χ4v) is 6.41. The summed E-state index contributed by atoms with van der Waals surface area (Å²) in [4.78, 5) is 9.48. The van der Waals surface area contributed by atoms with Crippen LogP contribution in [-0.4, -0.2) is 9.55 Å². The highest BCUT2D eigenvalue weighted by molar-refractivity contribution is 5.85. The standard InChI is InChI=1S/C45H30N6/c46-31-33-15-21-38(22-16-33)49(36-9-3-1-4-10-36)40-25-19-35(20-26-40)45-48-43-13-7-8-14-44(43)51(45)42-29-27-41(28-30-42)50(37-11-5-2-6-12-37)39-23-17-34(32-47)18-24-39/h1-30H. The van der Waals surface area contributed by atoms with Crippen molar-refractivity contribution in [1.29, 1.82) is 10.5 Å². The Labute approximate surface area is 296 Å². The number of aromatic nitrogens is 2. The van der Waals surface area contributed by atoms with E-state index >= 15 is 0 Å². The highest BCUT2D eigenvalue weighted by Gasteiger charge is 2.18. The Balaban J connectivity index is 1.19. The topological polar surface area (TPSA) is 71.9 Å². The quantitative estimate of drug-likeness (QED) is 0.163. The van der Waals surface area contributed by atoms with Crippen LogP contribution < -0.4 is 9.80 Å². The van der Waals surface area contributed by atoms with E-state index < -0.39 is 0 Å². The lowest BCUT2D eigenvalue weighted by Gasteiger charge is -2.26. The summed E-state index contributed by atoms with van der Waals surface area (Å²) in [5.41, 5.74) is 11.1. The Morgan fingerprint density at radius 3 is 1.27 bits per heavy atom. The monoisotopic (exact) mass is 654 g/mol. The van der Waals surface area contributed by atoms with Gasteiger partial charge < -0.3 is 9.80 Å². The van der Waals surface area contributed by atoms with Gasteiger partial charge in [-0.2, -0.15) is 10.5 Å². The molecule has 0 unspecified atom stereocenters. The number of benzene rings is 7. The molecule has 51 heavy (non-hydrogen) atoms. The maximum atomic E-state index is 9.37. The van der Waals surface area contributed by atoms with Crippen molar-refractivity contribution in [1.82, 2.24) is 9.55 Å². The summed E-state index contributed by atoms with van der Waals surface area (Å²) in [6, 6.07) is 65.3. The van der Waals surface area contributed by atoms with Gasteiger partial charge in [0.1, 0.15) is 5.82 Å². The fourth-order valence-electron chi connectivity index (χ4n) is 6.41. The van der Waals surface area contributed by atoms with E-state index in [1.54, 1.807) is 0 Å². The van der Waals surface area contributed by atoms with Crippen molar-refractivity contribution in [3.8, 4) is 29.2 Å². The highest BCUT2D eigenvalue weighted by Crippen LogP contribution is 2.38. The molecule has 0 aliphatic rings. The molecule has 0 N–H and O–H groups in total. The summed E-state index contributed by atoms with van der Waals surface area (Å²) >= 11 is 0. The molecule has 0 saturated heterocycles. The molecule has 0 aliphatic carbocycles. The zero-order valence-corrected chi connectivity index (χ0v) is 27.5. The van der Waals surface area contributed by atoms with Gasteiger partial charge in [0, 0.05) is 45.4 Å². The first-order chi connectivity index (χ1) is 25.2. The fraction of sp³-hybridized carbons (Fsp3) is 0. The van der Waals surface area contributed by atoms with Crippen LogP contribution in [0.15, 0.2) is 182 Å². The van der Waals surface area contributed by atoms with Gasteiger partial charge in [0.2, 0.25) is 0 Å². The lowest BCUT2D eigenvalue weighted by molar-refractivity contribution is 1.10. The van der Waals surface area contributed by atoms with E-state index in [1.165, 1.54) is 0 Å². The second kappa shape index (κ2) is 13.6. The van der Waals surface area contributed by atoms with Crippen molar-refractivity contribution in [3.63, 3.8) is 0 Å². The number of fused-ring (bicyclic) bond motifs is 1. The van der Waals surface area contributed by atoms with Gasteiger partial charge in [0.05, 0.1) is 34.3 Å². The minimum atomic E-state index is 0.621. The van der Waals surface area contributed by atoms with Crippen LogP contribution in [0, 0.1) is 22.7 Å². The second-order valence-electron chi connectivity index (χ2n) is 12.0. The number of para-hydroxylation sites is 4. The molecule has 1 heterocycles. The molecule has 0 atom stereocenters. The molecule has 0 bridgehead atoms. The van der Waals surface area contributed by atoms with Crippen LogP contribution in [0.1, 0.15) is 11.1 Å². The molecular formula is C45H30N6. The summed E-state index contributed by atoms with van der Waals surface area (Å²) < 4.78 is 2.21. The molecule has 6 heteroatoms. The van der Waals surface area contributed by atoms with Gasteiger partial charge in [-0.15, -0.1) is 0 Å². The molecular weight excluding hydrogens is 625 g/mol. The van der Waals surface area contributed by atoms with Crippen LogP contribution in [0.25, 0.3) is 28.1 Å². The third kappa shape index (κ3) is 6.06. The average Bonchev–Trinajstić information content (AvgIpc) is 3.60. The van der Waals surface area contributed by atoms with Crippen molar-refractivity contribution in [3.05, 3.63) is 193 Å². The first-order valence-electron chi connectivity index (χ1n) is 16.6. The molecule has 0 saturated carbocycles. The summed E-state index contributed by atoms with van der Waals surface area (Å²) in [6.45, 7) is 0. The van der Waals surface area contributed by atoms with Crippen LogP contribution >= 0.6 is 0 Å². The van der Waals surface area contributed by atoms with Gasteiger partial charge in [-0.25, -0.2) is 4.98 Å². The Kier molecular flexibility index (Phi) is 8.24. The Hall–Kier alpha value is -7.41. The molecule has 8 aromatic rings. The number of hydrogen-bond acceptors (Lipinski definition) is 5. The summed E-state index contributed by atoms with van der Waals surface area (Å²) in [7, 11) is 0. The number of rotatable bonds is 8.